The van der Waals surface area contributed by atoms with Gasteiger partial charge in [-0.1, -0.05) is 36.0 Å². The number of benzene rings is 1. The van der Waals surface area contributed by atoms with Crippen LogP contribution in [0.15, 0.2) is 24.3 Å². The van der Waals surface area contributed by atoms with Crippen LogP contribution < -0.4 is 10.5 Å². The lowest BCUT2D eigenvalue weighted by Crippen LogP contribution is -2.20. The molecule has 0 aliphatic rings. The SMILES string of the molecule is CCCc1nnsc1C(N)c1ccccc1OC(F)(F)F. The van der Waals surface area contributed by atoms with E-state index in [1.54, 1.807) is 6.07 Å². The summed E-state index contributed by atoms with van der Waals surface area (Å²) in [6, 6.07) is 5.10. The number of alkyl halides is 3. The molecule has 0 spiro atoms. The van der Waals surface area contributed by atoms with Gasteiger partial charge in [-0.25, -0.2) is 0 Å². The zero-order valence-corrected chi connectivity index (χ0v) is 12.0. The number of ether oxygens (including phenoxy) is 1. The van der Waals surface area contributed by atoms with Crippen LogP contribution >= 0.6 is 11.5 Å². The summed E-state index contributed by atoms with van der Waals surface area (Å²) in [7, 11) is 0. The zero-order valence-electron chi connectivity index (χ0n) is 11.2. The molecule has 0 radical (unpaired) electrons. The number of aryl methyl sites for hydroxylation is 1. The van der Waals surface area contributed by atoms with Gasteiger partial charge in [-0.2, -0.15) is 0 Å². The number of halogens is 3. The summed E-state index contributed by atoms with van der Waals surface area (Å²) in [6.45, 7) is 1.98. The van der Waals surface area contributed by atoms with Gasteiger partial charge in [0.25, 0.3) is 0 Å². The maximum Gasteiger partial charge on any atom is 0.573 e. The largest absolute Gasteiger partial charge is 0.573 e. The second-order valence-corrected chi connectivity index (χ2v) is 5.18. The minimum Gasteiger partial charge on any atom is -0.405 e. The molecule has 2 aromatic rings. The smallest absolute Gasteiger partial charge is 0.405 e. The predicted octanol–water partition coefficient (Wildman–Crippen LogP) is 3.44. The molecule has 0 bridgehead atoms. The summed E-state index contributed by atoms with van der Waals surface area (Å²) < 4.78 is 45.2. The number of para-hydroxylation sites is 1. The fourth-order valence-electron chi connectivity index (χ4n) is 1.96. The predicted molar refractivity (Wildman–Crippen MR) is 73.1 cm³/mol. The summed E-state index contributed by atoms with van der Waals surface area (Å²) in [4.78, 5) is 0.662. The first-order valence-corrected chi connectivity index (χ1v) is 7.11. The van der Waals surface area contributed by atoms with Crippen LogP contribution in [0, 0.1) is 0 Å². The fourth-order valence-corrected chi connectivity index (χ4v) is 2.67. The van der Waals surface area contributed by atoms with Gasteiger partial charge in [0.05, 0.1) is 16.6 Å². The minimum atomic E-state index is -4.76. The molecule has 1 unspecified atom stereocenters. The quantitative estimate of drug-likeness (QED) is 0.917. The van der Waals surface area contributed by atoms with Gasteiger partial charge in [0.15, 0.2) is 0 Å². The molecule has 2 rings (SSSR count). The van der Waals surface area contributed by atoms with E-state index in [4.69, 9.17) is 5.73 Å². The number of hydrogen-bond acceptors (Lipinski definition) is 5. The van der Waals surface area contributed by atoms with Crippen LogP contribution in [0.4, 0.5) is 13.2 Å². The maximum atomic E-state index is 12.4. The first kappa shape index (κ1) is 15.7. The van der Waals surface area contributed by atoms with E-state index in [1.165, 1.54) is 18.2 Å². The lowest BCUT2D eigenvalue weighted by Gasteiger charge is -2.17. The molecular weight excluding hydrogens is 303 g/mol. The van der Waals surface area contributed by atoms with Gasteiger partial charge in [0.1, 0.15) is 5.75 Å². The van der Waals surface area contributed by atoms with E-state index in [2.05, 4.69) is 14.3 Å². The number of nitrogens with zero attached hydrogens (tertiary/aromatic N) is 2. The monoisotopic (exact) mass is 317 g/mol. The van der Waals surface area contributed by atoms with Crippen molar-refractivity contribution in [2.75, 3.05) is 0 Å². The fraction of sp³-hybridized carbons (Fsp3) is 0.385. The summed E-state index contributed by atoms with van der Waals surface area (Å²) in [5.41, 5.74) is 7.08. The number of hydrogen-bond donors (Lipinski definition) is 1. The molecule has 8 heteroatoms. The van der Waals surface area contributed by atoms with Gasteiger partial charge in [-0.15, -0.1) is 18.3 Å². The average Bonchev–Trinajstić information content (AvgIpc) is 2.85. The van der Waals surface area contributed by atoms with Crippen molar-refractivity contribution in [2.45, 2.75) is 32.2 Å². The zero-order chi connectivity index (χ0) is 15.5. The van der Waals surface area contributed by atoms with Crippen LogP contribution in [0.3, 0.4) is 0 Å². The normalized spacial score (nSPS) is 13.2. The van der Waals surface area contributed by atoms with Crippen LogP contribution in [-0.4, -0.2) is 15.9 Å². The van der Waals surface area contributed by atoms with Crippen molar-refractivity contribution in [3.05, 3.63) is 40.4 Å². The van der Waals surface area contributed by atoms with Gasteiger partial charge in [-0.05, 0) is 24.0 Å². The molecular formula is C13H14F3N3OS. The third-order valence-electron chi connectivity index (χ3n) is 2.83. The standard InChI is InChI=1S/C13H14F3N3OS/c1-2-5-9-12(21-19-18-9)11(17)8-6-3-4-7-10(8)20-13(14,15)16/h3-4,6-7,11H,2,5,17H2,1H3. The van der Waals surface area contributed by atoms with Crippen molar-refractivity contribution < 1.29 is 17.9 Å². The molecule has 1 aromatic heterocycles. The van der Waals surface area contributed by atoms with E-state index < -0.39 is 12.4 Å². The van der Waals surface area contributed by atoms with E-state index in [-0.39, 0.29) is 11.3 Å². The molecule has 0 saturated heterocycles. The van der Waals surface area contributed by atoms with Crippen LogP contribution in [0.5, 0.6) is 5.75 Å². The third-order valence-corrected chi connectivity index (χ3v) is 3.68. The molecule has 0 aliphatic carbocycles. The summed E-state index contributed by atoms with van der Waals surface area (Å²) in [6.07, 6.45) is -3.22. The Morgan fingerprint density at radius 2 is 2.05 bits per heavy atom. The highest BCUT2D eigenvalue weighted by Crippen LogP contribution is 2.34. The molecule has 1 heterocycles. The highest BCUT2D eigenvalue weighted by molar-refractivity contribution is 7.05. The van der Waals surface area contributed by atoms with Gasteiger partial charge < -0.3 is 10.5 Å². The lowest BCUT2D eigenvalue weighted by molar-refractivity contribution is -0.274. The van der Waals surface area contributed by atoms with Crippen molar-refractivity contribution in [1.82, 2.24) is 9.59 Å². The molecule has 0 saturated carbocycles. The highest BCUT2D eigenvalue weighted by Gasteiger charge is 2.33. The number of aromatic nitrogens is 2. The van der Waals surface area contributed by atoms with E-state index in [0.29, 0.717) is 11.3 Å². The Labute approximate surface area is 123 Å². The van der Waals surface area contributed by atoms with Gasteiger partial charge >= 0.3 is 6.36 Å². The summed E-state index contributed by atoms with van der Waals surface area (Å²) in [5.74, 6) is -0.298. The van der Waals surface area contributed by atoms with Crippen LogP contribution in [0.1, 0.15) is 35.5 Å². The summed E-state index contributed by atoms with van der Waals surface area (Å²) >= 11 is 1.10. The molecule has 0 fully saturated rings. The van der Waals surface area contributed by atoms with Crippen LogP contribution in [-0.2, 0) is 6.42 Å². The Morgan fingerprint density at radius 1 is 1.33 bits per heavy atom. The molecule has 0 aliphatic heterocycles. The van der Waals surface area contributed by atoms with E-state index in [1.807, 2.05) is 6.92 Å². The molecule has 114 valence electrons. The Morgan fingerprint density at radius 3 is 2.71 bits per heavy atom. The molecule has 2 N–H and O–H groups in total. The Hall–Kier alpha value is -1.67. The molecule has 4 nitrogen and oxygen atoms in total. The Balaban J connectivity index is 2.34. The Kier molecular flexibility index (Phi) is 4.79. The van der Waals surface area contributed by atoms with Gasteiger partial charge in [0.2, 0.25) is 0 Å². The van der Waals surface area contributed by atoms with Gasteiger partial charge in [-0.3, -0.25) is 0 Å². The van der Waals surface area contributed by atoms with Crippen molar-refractivity contribution in [3.8, 4) is 5.75 Å². The lowest BCUT2D eigenvalue weighted by atomic mass is 10.0. The second-order valence-electron chi connectivity index (χ2n) is 4.40. The van der Waals surface area contributed by atoms with E-state index in [0.717, 1.165) is 23.6 Å². The second kappa shape index (κ2) is 6.40. The number of nitrogens with two attached hydrogens (primary N) is 1. The number of rotatable bonds is 5. The van der Waals surface area contributed by atoms with Gasteiger partial charge in [0, 0.05) is 5.56 Å². The van der Waals surface area contributed by atoms with E-state index >= 15 is 0 Å². The van der Waals surface area contributed by atoms with Crippen LogP contribution in [0.2, 0.25) is 0 Å². The molecule has 21 heavy (non-hydrogen) atoms. The topological polar surface area (TPSA) is 61.0 Å². The molecule has 0 amide bonds. The average molecular weight is 317 g/mol. The molecule has 1 aromatic carbocycles. The molecule has 1 atom stereocenters. The minimum absolute atomic E-state index is 0.262. The first-order chi connectivity index (χ1) is 9.92. The van der Waals surface area contributed by atoms with Crippen molar-refractivity contribution in [3.63, 3.8) is 0 Å². The van der Waals surface area contributed by atoms with Crippen LogP contribution in [0.25, 0.3) is 0 Å². The Bertz CT molecular complexity index is 600. The maximum absolute atomic E-state index is 12.4. The summed E-state index contributed by atoms with van der Waals surface area (Å²) in [5, 5.41) is 3.98. The van der Waals surface area contributed by atoms with E-state index in [9.17, 15) is 13.2 Å². The van der Waals surface area contributed by atoms with Crippen molar-refractivity contribution in [2.24, 2.45) is 5.73 Å². The first-order valence-electron chi connectivity index (χ1n) is 6.33. The van der Waals surface area contributed by atoms with Crippen molar-refractivity contribution in [1.29, 1.82) is 0 Å². The van der Waals surface area contributed by atoms with Crippen molar-refractivity contribution >= 4 is 11.5 Å². The highest BCUT2D eigenvalue weighted by atomic mass is 32.1. The third kappa shape index (κ3) is 3.92.